The van der Waals surface area contributed by atoms with Gasteiger partial charge in [0.1, 0.15) is 0 Å². The predicted octanol–water partition coefficient (Wildman–Crippen LogP) is 2.92. The Morgan fingerprint density at radius 2 is 1.78 bits per heavy atom. The number of nitrogens with zero attached hydrogens (tertiary/aromatic N) is 1. The lowest BCUT2D eigenvalue weighted by Gasteiger charge is -2.53. The van der Waals surface area contributed by atoms with Gasteiger partial charge in [0.05, 0.1) is 0 Å². The number of carbonyl (C=O) groups is 2. The van der Waals surface area contributed by atoms with E-state index in [9.17, 15) is 9.59 Å². The van der Waals surface area contributed by atoms with Gasteiger partial charge in [0.2, 0.25) is 0 Å². The topological polar surface area (TPSA) is 49.4 Å². The number of Topliss-reactive ketones (excluding diaryl/α,β-unsaturated/α-hetero) is 2. The van der Waals surface area contributed by atoms with Gasteiger partial charge in [0.15, 0.2) is 11.6 Å². The maximum Gasteiger partial charge on any atom is 0.166 e. The van der Waals surface area contributed by atoms with Crippen LogP contribution < -0.4 is 10.2 Å². The molecular formula is C19H26N2O2. The minimum atomic E-state index is -0.0963. The Morgan fingerprint density at radius 1 is 1.13 bits per heavy atom. The summed E-state index contributed by atoms with van der Waals surface area (Å²) in [6.45, 7) is 9.61. The van der Waals surface area contributed by atoms with E-state index in [-0.39, 0.29) is 17.5 Å². The van der Waals surface area contributed by atoms with Crippen molar-refractivity contribution in [3.63, 3.8) is 0 Å². The van der Waals surface area contributed by atoms with E-state index >= 15 is 0 Å². The molecule has 4 nitrogen and oxygen atoms in total. The Labute approximate surface area is 138 Å². The molecule has 0 amide bonds. The molecule has 2 fully saturated rings. The predicted molar refractivity (Wildman–Crippen MR) is 92.4 cm³/mol. The van der Waals surface area contributed by atoms with Crippen LogP contribution in [0.5, 0.6) is 0 Å². The van der Waals surface area contributed by atoms with Crippen molar-refractivity contribution in [1.29, 1.82) is 0 Å². The van der Waals surface area contributed by atoms with Gasteiger partial charge in [0, 0.05) is 41.2 Å². The van der Waals surface area contributed by atoms with Gasteiger partial charge in [-0.15, -0.1) is 0 Å². The van der Waals surface area contributed by atoms with Crippen LogP contribution in [0.25, 0.3) is 0 Å². The number of hydrogen-bond acceptors (Lipinski definition) is 4. The molecule has 0 unspecified atom stereocenters. The molecular weight excluding hydrogens is 288 g/mol. The molecule has 2 saturated heterocycles. The highest BCUT2D eigenvalue weighted by molar-refractivity contribution is 6.09. The minimum absolute atomic E-state index is 0.0343. The van der Waals surface area contributed by atoms with Gasteiger partial charge in [-0.05, 0) is 51.1 Å². The van der Waals surface area contributed by atoms with Crippen LogP contribution in [-0.4, -0.2) is 37.7 Å². The fourth-order valence-electron chi connectivity index (χ4n) is 3.77. The van der Waals surface area contributed by atoms with Crippen molar-refractivity contribution in [2.45, 2.75) is 33.6 Å². The molecule has 0 bridgehead atoms. The zero-order valence-corrected chi connectivity index (χ0v) is 14.3. The van der Waals surface area contributed by atoms with E-state index in [4.69, 9.17) is 0 Å². The highest BCUT2D eigenvalue weighted by atomic mass is 16.1. The van der Waals surface area contributed by atoms with E-state index in [1.807, 2.05) is 32.0 Å². The Bertz CT molecular complexity index is 622. The summed E-state index contributed by atoms with van der Waals surface area (Å²) >= 11 is 0. The highest BCUT2D eigenvalue weighted by Crippen LogP contribution is 2.41. The van der Waals surface area contributed by atoms with Crippen molar-refractivity contribution < 1.29 is 9.59 Å². The molecule has 2 aliphatic heterocycles. The van der Waals surface area contributed by atoms with E-state index in [1.165, 1.54) is 12.8 Å². The Morgan fingerprint density at radius 3 is 2.35 bits per heavy atom. The summed E-state index contributed by atoms with van der Waals surface area (Å²) in [5.74, 6) is -0.0888. The number of benzene rings is 1. The van der Waals surface area contributed by atoms with Gasteiger partial charge in [-0.3, -0.25) is 9.59 Å². The number of nitrogens with one attached hydrogen (secondary N) is 1. The van der Waals surface area contributed by atoms with Gasteiger partial charge < -0.3 is 10.2 Å². The van der Waals surface area contributed by atoms with E-state index in [2.05, 4.69) is 10.2 Å². The molecule has 2 heterocycles. The lowest BCUT2D eigenvalue weighted by molar-refractivity contribution is 0.0926. The largest absolute Gasteiger partial charge is 0.370 e. The molecule has 1 N–H and O–H groups in total. The third-order valence-electron chi connectivity index (χ3n) is 5.25. The van der Waals surface area contributed by atoms with Gasteiger partial charge in [0.25, 0.3) is 0 Å². The van der Waals surface area contributed by atoms with Crippen LogP contribution in [0, 0.1) is 11.3 Å². The second-order valence-corrected chi connectivity index (χ2v) is 7.41. The third-order valence-corrected chi connectivity index (χ3v) is 5.25. The molecule has 0 atom stereocenters. The minimum Gasteiger partial charge on any atom is -0.370 e. The molecule has 0 saturated carbocycles. The van der Waals surface area contributed by atoms with Crippen molar-refractivity contribution in [3.8, 4) is 0 Å². The standard InChI is InChI=1S/C19H26N2O2/c1-13(2)18(23)16-5-4-15(10-17(16)14(3)22)21-11-19(12-21)6-8-20-9-7-19/h4-5,10,13,20H,6-9,11-12H2,1-3H3. The molecule has 23 heavy (non-hydrogen) atoms. The normalized spacial score (nSPS) is 19.7. The van der Waals surface area contributed by atoms with Crippen molar-refractivity contribution in [2.75, 3.05) is 31.1 Å². The molecule has 1 spiro atoms. The van der Waals surface area contributed by atoms with Crippen molar-refractivity contribution >= 4 is 17.3 Å². The van der Waals surface area contributed by atoms with Gasteiger partial charge in [-0.1, -0.05) is 13.8 Å². The SMILES string of the molecule is CC(=O)c1cc(N2CC3(CCNCC3)C2)ccc1C(=O)C(C)C. The zero-order chi connectivity index (χ0) is 16.6. The first-order valence-corrected chi connectivity index (χ1v) is 8.57. The molecule has 0 aromatic heterocycles. The fraction of sp³-hybridized carbons (Fsp3) is 0.579. The molecule has 4 heteroatoms. The van der Waals surface area contributed by atoms with E-state index in [0.29, 0.717) is 16.5 Å². The highest BCUT2D eigenvalue weighted by Gasteiger charge is 2.43. The lowest BCUT2D eigenvalue weighted by Crippen LogP contribution is -2.60. The summed E-state index contributed by atoms with van der Waals surface area (Å²) in [4.78, 5) is 26.6. The van der Waals surface area contributed by atoms with E-state index in [0.717, 1.165) is 31.9 Å². The van der Waals surface area contributed by atoms with Crippen LogP contribution in [0.1, 0.15) is 54.3 Å². The van der Waals surface area contributed by atoms with Gasteiger partial charge in [-0.2, -0.15) is 0 Å². The number of piperidine rings is 1. The van der Waals surface area contributed by atoms with E-state index < -0.39 is 0 Å². The first kappa shape index (κ1) is 16.2. The molecule has 124 valence electrons. The molecule has 3 rings (SSSR count). The van der Waals surface area contributed by atoms with Crippen LogP contribution in [0.4, 0.5) is 5.69 Å². The first-order valence-electron chi connectivity index (χ1n) is 8.57. The summed E-state index contributed by atoms with van der Waals surface area (Å²) in [5.41, 5.74) is 2.65. The summed E-state index contributed by atoms with van der Waals surface area (Å²) < 4.78 is 0. The molecule has 0 aliphatic carbocycles. The first-order chi connectivity index (χ1) is 10.9. The lowest BCUT2D eigenvalue weighted by atomic mass is 9.72. The second kappa shape index (κ2) is 6.08. The number of hydrogen-bond donors (Lipinski definition) is 1. The third kappa shape index (κ3) is 3.05. The maximum atomic E-state index is 12.3. The Kier molecular flexibility index (Phi) is 4.28. The van der Waals surface area contributed by atoms with Crippen molar-refractivity contribution in [1.82, 2.24) is 5.32 Å². The molecule has 1 aromatic carbocycles. The van der Waals surface area contributed by atoms with Crippen LogP contribution >= 0.6 is 0 Å². The maximum absolute atomic E-state index is 12.3. The van der Waals surface area contributed by atoms with Gasteiger partial charge >= 0.3 is 0 Å². The fourth-order valence-corrected chi connectivity index (χ4v) is 3.77. The summed E-state index contributed by atoms with van der Waals surface area (Å²) in [6, 6.07) is 5.74. The smallest absolute Gasteiger partial charge is 0.166 e. The number of anilines is 1. The Balaban J connectivity index is 1.81. The molecule has 2 aliphatic rings. The van der Waals surface area contributed by atoms with Crippen molar-refractivity contribution in [2.24, 2.45) is 11.3 Å². The van der Waals surface area contributed by atoms with Crippen LogP contribution in [0.3, 0.4) is 0 Å². The van der Waals surface area contributed by atoms with Crippen LogP contribution in [0.15, 0.2) is 18.2 Å². The number of rotatable bonds is 4. The van der Waals surface area contributed by atoms with Gasteiger partial charge in [-0.25, -0.2) is 0 Å². The zero-order valence-electron chi connectivity index (χ0n) is 14.3. The average molecular weight is 314 g/mol. The van der Waals surface area contributed by atoms with Crippen molar-refractivity contribution in [3.05, 3.63) is 29.3 Å². The quantitative estimate of drug-likeness (QED) is 0.868. The number of ketones is 2. The van der Waals surface area contributed by atoms with E-state index in [1.54, 1.807) is 6.92 Å². The summed E-state index contributed by atoms with van der Waals surface area (Å²) in [5, 5.41) is 3.42. The number of carbonyl (C=O) groups excluding carboxylic acids is 2. The molecule has 0 radical (unpaired) electrons. The van der Waals surface area contributed by atoms with Crippen LogP contribution in [-0.2, 0) is 0 Å². The monoisotopic (exact) mass is 314 g/mol. The average Bonchev–Trinajstić information content (AvgIpc) is 2.52. The second-order valence-electron chi connectivity index (χ2n) is 7.41. The summed E-state index contributed by atoms with van der Waals surface area (Å²) in [7, 11) is 0. The summed E-state index contributed by atoms with van der Waals surface area (Å²) in [6.07, 6.45) is 2.46. The van der Waals surface area contributed by atoms with Crippen LogP contribution in [0.2, 0.25) is 0 Å². The Hall–Kier alpha value is -1.68. The molecule has 1 aromatic rings.